The van der Waals surface area contributed by atoms with Crippen molar-refractivity contribution >= 4 is 27.3 Å². The van der Waals surface area contributed by atoms with Crippen molar-refractivity contribution in [3.05, 3.63) is 44.8 Å². The predicted octanol–water partition coefficient (Wildman–Crippen LogP) is 3.00. The van der Waals surface area contributed by atoms with Crippen LogP contribution in [0.1, 0.15) is 16.7 Å². The van der Waals surface area contributed by atoms with E-state index in [9.17, 15) is 5.11 Å². The highest BCUT2D eigenvalue weighted by atomic mass is 79.9. The lowest BCUT2D eigenvalue weighted by Crippen LogP contribution is -2.02. The van der Waals surface area contributed by atoms with Gasteiger partial charge in [-0.05, 0) is 40.2 Å². The maximum Gasteiger partial charge on any atom is 0.143 e. The van der Waals surface area contributed by atoms with E-state index in [0.717, 1.165) is 8.66 Å². The molecule has 0 bridgehead atoms. The van der Waals surface area contributed by atoms with Gasteiger partial charge in [-0.15, -0.1) is 11.3 Å². The summed E-state index contributed by atoms with van der Waals surface area (Å²) in [7, 11) is 1.57. The highest BCUT2D eigenvalue weighted by Crippen LogP contribution is 2.33. The second kappa shape index (κ2) is 4.95. The maximum atomic E-state index is 10.2. The number of hydrogen-bond donors (Lipinski definition) is 1. The number of aromatic nitrogens is 1. The van der Waals surface area contributed by atoms with Gasteiger partial charge in [0, 0.05) is 11.1 Å². The summed E-state index contributed by atoms with van der Waals surface area (Å²) in [6, 6.07) is 7.33. The quantitative estimate of drug-likeness (QED) is 0.947. The number of halogens is 1. The maximum absolute atomic E-state index is 10.2. The summed E-state index contributed by atoms with van der Waals surface area (Å²) in [5.41, 5.74) is 0.541. The Morgan fingerprint density at radius 1 is 1.44 bits per heavy atom. The summed E-state index contributed by atoms with van der Waals surface area (Å²) in [6.45, 7) is 0. The molecule has 0 radical (unpaired) electrons. The van der Waals surface area contributed by atoms with Crippen LogP contribution >= 0.6 is 27.3 Å². The Morgan fingerprint density at radius 3 is 2.88 bits per heavy atom. The van der Waals surface area contributed by atoms with Crippen LogP contribution in [0.4, 0.5) is 0 Å². The van der Waals surface area contributed by atoms with Crippen molar-refractivity contribution in [3.8, 4) is 5.75 Å². The van der Waals surface area contributed by atoms with E-state index in [-0.39, 0.29) is 0 Å². The molecule has 16 heavy (non-hydrogen) atoms. The summed E-state index contributed by atoms with van der Waals surface area (Å²) in [6.07, 6.45) is 0.899. The summed E-state index contributed by atoms with van der Waals surface area (Å²) in [5.74, 6) is 0.597. The number of methoxy groups -OCH3 is 1. The predicted molar refractivity (Wildman–Crippen MR) is 66.9 cm³/mol. The van der Waals surface area contributed by atoms with E-state index in [0.29, 0.717) is 11.4 Å². The third-order valence-corrected chi connectivity index (χ3v) is 3.82. The van der Waals surface area contributed by atoms with Crippen LogP contribution in [0.25, 0.3) is 0 Å². The van der Waals surface area contributed by atoms with Gasteiger partial charge in [0.25, 0.3) is 0 Å². The van der Waals surface area contributed by atoms with Gasteiger partial charge in [-0.1, -0.05) is 0 Å². The third-order valence-electron chi connectivity index (χ3n) is 2.14. The molecule has 0 aromatic carbocycles. The highest BCUT2D eigenvalue weighted by molar-refractivity contribution is 9.11. The molecule has 1 N–H and O–H groups in total. The van der Waals surface area contributed by atoms with Crippen molar-refractivity contribution in [1.29, 1.82) is 0 Å². The second-order valence-corrected chi connectivity index (χ2v) is 5.63. The lowest BCUT2D eigenvalue weighted by molar-refractivity contribution is 0.213. The number of aliphatic hydroxyl groups is 1. The van der Waals surface area contributed by atoms with Crippen molar-refractivity contribution in [2.45, 2.75) is 6.10 Å². The first-order valence-corrected chi connectivity index (χ1v) is 6.25. The Kier molecular flexibility index (Phi) is 3.58. The average Bonchev–Trinajstić information content (AvgIpc) is 2.75. The van der Waals surface area contributed by atoms with Gasteiger partial charge in [-0.25, -0.2) is 0 Å². The van der Waals surface area contributed by atoms with Gasteiger partial charge in [-0.3, -0.25) is 4.98 Å². The van der Waals surface area contributed by atoms with Gasteiger partial charge < -0.3 is 9.84 Å². The molecule has 0 aliphatic rings. The number of thiophene rings is 1. The first kappa shape index (κ1) is 11.6. The zero-order valence-electron chi connectivity index (χ0n) is 8.55. The molecule has 0 amide bonds. The molecule has 0 saturated heterocycles. The second-order valence-electron chi connectivity index (χ2n) is 3.14. The summed E-state index contributed by atoms with van der Waals surface area (Å²) in [5, 5.41) is 10.2. The zero-order chi connectivity index (χ0) is 11.5. The molecule has 1 unspecified atom stereocenters. The van der Waals surface area contributed by atoms with Crippen LogP contribution < -0.4 is 4.74 Å². The van der Waals surface area contributed by atoms with Gasteiger partial charge in [-0.2, -0.15) is 0 Å². The minimum atomic E-state index is -0.743. The van der Waals surface area contributed by atoms with E-state index in [1.165, 1.54) is 11.3 Å². The number of nitrogens with zero attached hydrogens (tertiary/aromatic N) is 1. The van der Waals surface area contributed by atoms with Crippen LogP contribution in [0, 0.1) is 0 Å². The fraction of sp³-hybridized carbons (Fsp3) is 0.182. The summed E-state index contributed by atoms with van der Waals surface area (Å²) < 4.78 is 6.15. The van der Waals surface area contributed by atoms with E-state index in [1.54, 1.807) is 25.4 Å². The topological polar surface area (TPSA) is 42.4 Å². The molecule has 2 aromatic rings. The molecular weight excluding hydrogens is 290 g/mol. The van der Waals surface area contributed by atoms with Crippen LogP contribution in [0.15, 0.2) is 34.2 Å². The Morgan fingerprint density at radius 2 is 2.25 bits per heavy atom. The van der Waals surface area contributed by atoms with E-state index >= 15 is 0 Å². The van der Waals surface area contributed by atoms with Crippen molar-refractivity contribution in [2.24, 2.45) is 0 Å². The Balaban J connectivity index is 2.36. The number of hydrogen-bond acceptors (Lipinski definition) is 4. The largest absolute Gasteiger partial charge is 0.495 e. The number of ether oxygens (including phenoxy) is 1. The van der Waals surface area contributed by atoms with Crippen molar-refractivity contribution in [3.63, 3.8) is 0 Å². The molecule has 84 valence electrons. The van der Waals surface area contributed by atoms with E-state index in [4.69, 9.17) is 4.74 Å². The molecule has 2 aromatic heterocycles. The number of aliphatic hydroxyl groups excluding tert-OH is 1. The van der Waals surface area contributed by atoms with Crippen molar-refractivity contribution in [2.75, 3.05) is 7.11 Å². The van der Waals surface area contributed by atoms with Gasteiger partial charge in [0.1, 0.15) is 17.5 Å². The van der Waals surface area contributed by atoms with Crippen LogP contribution in [0.2, 0.25) is 0 Å². The molecule has 1 atom stereocenters. The first-order valence-electron chi connectivity index (χ1n) is 4.64. The fourth-order valence-electron chi connectivity index (χ4n) is 1.39. The normalized spacial score (nSPS) is 12.4. The van der Waals surface area contributed by atoms with E-state index in [1.807, 2.05) is 12.1 Å². The van der Waals surface area contributed by atoms with Gasteiger partial charge >= 0.3 is 0 Å². The minimum Gasteiger partial charge on any atom is -0.495 e. The minimum absolute atomic E-state index is 0.541. The molecule has 0 saturated carbocycles. The Bertz CT molecular complexity index is 486. The molecule has 5 heteroatoms. The SMILES string of the molecule is COc1cccnc1C(O)c1ccc(Br)s1. The first-order chi connectivity index (χ1) is 7.72. The Labute approximate surface area is 106 Å². The van der Waals surface area contributed by atoms with E-state index in [2.05, 4.69) is 20.9 Å². The highest BCUT2D eigenvalue weighted by Gasteiger charge is 2.18. The van der Waals surface area contributed by atoms with Gasteiger partial charge in [0.15, 0.2) is 0 Å². The molecule has 2 heterocycles. The third kappa shape index (κ3) is 2.26. The lowest BCUT2D eigenvalue weighted by atomic mass is 10.2. The molecule has 0 aliphatic heterocycles. The summed E-state index contributed by atoms with van der Waals surface area (Å²) >= 11 is 4.85. The smallest absolute Gasteiger partial charge is 0.143 e. The monoisotopic (exact) mass is 299 g/mol. The number of rotatable bonds is 3. The molecular formula is C11H10BrNO2S. The zero-order valence-corrected chi connectivity index (χ0v) is 11.0. The molecule has 3 nitrogen and oxygen atoms in total. The van der Waals surface area contributed by atoms with Crippen LogP contribution in [-0.4, -0.2) is 17.2 Å². The fourth-order valence-corrected chi connectivity index (χ4v) is 2.80. The average molecular weight is 300 g/mol. The van der Waals surface area contributed by atoms with E-state index < -0.39 is 6.10 Å². The lowest BCUT2D eigenvalue weighted by Gasteiger charge is -2.11. The van der Waals surface area contributed by atoms with Gasteiger partial charge in [0.2, 0.25) is 0 Å². The molecule has 0 fully saturated rings. The van der Waals surface area contributed by atoms with Crippen molar-refractivity contribution in [1.82, 2.24) is 4.98 Å². The Hall–Kier alpha value is -0.910. The van der Waals surface area contributed by atoms with Crippen LogP contribution in [-0.2, 0) is 0 Å². The summed E-state index contributed by atoms with van der Waals surface area (Å²) in [4.78, 5) is 4.99. The molecule has 0 spiro atoms. The van der Waals surface area contributed by atoms with Crippen LogP contribution in [0.5, 0.6) is 5.75 Å². The van der Waals surface area contributed by atoms with Crippen molar-refractivity contribution < 1.29 is 9.84 Å². The van der Waals surface area contributed by atoms with Gasteiger partial charge in [0.05, 0.1) is 10.9 Å². The standard InChI is InChI=1S/C11H10BrNO2S/c1-15-7-3-2-6-13-10(7)11(14)8-4-5-9(12)16-8/h2-6,11,14H,1H3. The van der Waals surface area contributed by atoms with Crippen LogP contribution in [0.3, 0.4) is 0 Å². The molecule has 2 rings (SSSR count). The molecule has 0 aliphatic carbocycles. The number of pyridine rings is 1.